The number of nitrogen functional groups attached to an aromatic ring is 1. The first kappa shape index (κ1) is 12.1. The van der Waals surface area contributed by atoms with E-state index in [0.29, 0.717) is 6.04 Å². The minimum Gasteiger partial charge on any atom is -0.497 e. The molecule has 0 bridgehead atoms. The summed E-state index contributed by atoms with van der Waals surface area (Å²) in [4.78, 5) is 2.42. The van der Waals surface area contributed by atoms with Crippen LogP contribution in [-0.2, 0) is 0 Å². The smallest absolute Gasteiger partial charge is 0.121 e. The van der Waals surface area contributed by atoms with E-state index in [2.05, 4.69) is 24.8 Å². The summed E-state index contributed by atoms with van der Waals surface area (Å²) < 4.78 is 5.19. The summed E-state index contributed by atoms with van der Waals surface area (Å²) in [5, 5.41) is 0. The van der Waals surface area contributed by atoms with Crippen molar-refractivity contribution in [3.63, 3.8) is 0 Å². The van der Waals surface area contributed by atoms with E-state index in [9.17, 15) is 0 Å². The fraction of sp³-hybridized carbons (Fsp3) is 0.571. The third kappa shape index (κ3) is 2.33. The number of benzene rings is 1. The Morgan fingerprint density at radius 1 is 1.35 bits per heavy atom. The fourth-order valence-corrected chi connectivity index (χ4v) is 2.60. The third-order valence-electron chi connectivity index (χ3n) is 3.92. The molecule has 3 nitrogen and oxygen atoms in total. The zero-order valence-corrected chi connectivity index (χ0v) is 10.9. The predicted molar refractivity (Wildman–Crippen MR) is 72.6 cm³/mol. The average molecular weight is 234 g/mol. The highest BCUT2D eigenvalue weighted by atomic mass is 16.5. The lowest BCUT2D eigenvalue weighted by molar-refractivity contribution is 0.363. The van der Waals surface area contributed by atoms with Crippen LogP contribution < -0.4 is 15.4 Å². The Morgan fingerprint density at radius 2 is 2.12 bits per heavy atom. The van der Waals surface area contributed by atoms with Gasteiger partial charge in [0.25, 0.3) is 0 Å². The van der Waals surface area contributed by atoms with Crippen LogP contribution in [0.5, 0.6) is 5.75 Å². The molecule has 0 aromatic heterocycles. The van der Waals surface area contributed by atoms with Crippen molar-refractivity contribution in [3.05, 3.63) is 18.2 Å². The van der Waals surface area contributed by atoms with Crippen molar-refractivity contribution in [1.82, 2.24) is 0 Å². The maximum atomic E-state index is 6.11. The largest absolute Gasteiger partial charge is 0.497 e. The zero-order valence-electron chi connectivity index (χ0n) is 10.9. The molecule has 1 aliphatic rings. The molecule has 1 saturated heterocycles. The van der Waals surface area contributed by atoms with Gasteiger partial charge in [-0.25, -0.2) is 0 Å². The van der Waals surface area contributed by atoms with Crippen LogP contribution in [0.1, 0.15) is 26.7 Å². The van der Waals surface area contributed by atoms with Crippen LogP contribution >= 0.6 is 0 Å². The summed E-state index contributed by atoms with van der Waals surface area (Å²) in [6.07, 6.45) is 2.56. The normalized spacial score (nSPS) is 24.8. The van der Waals surface area contributed by atoms with E-state index >= 15 is 0 Å². The molecular formula is C14H22N2O. The van der Waals surface area contributed by atoms with E-state index < -0.39 is 0 Å². The standard InChI is InChI=1S/C14H22N2O/c1-10-5-4-8-16(11(10)2)14-7-6-12(17-3)9-13(14)15/h6-7,9-11H,4-5,8,15H2,1-3H3. The summed E-state index contributed by atoms with van der Waals surface area (Å²) in [5.74, 6) is 1.55. The SMILES string of the molecule is COc1ccc(N2CCCC(C)C2C)c(N)c1. The van der Waals surface area contributed by atoms with Crippen LogP contribution in [0.15, 0.2) is 18.2 Å². The molecule has 0 radical (unpaired) electrons. The quantitative estimate of drug-likeness (QED) is 0.800. The van der Waals surface area contributed by atoms with Crippen LogP contribution in [-0.4, -0.2) is 19.7 Å². The second kappa shape index (κ2) is 4.86. The van der Waals surface area contributed by atoms with Gasteiger partial charge in [0.2, 0.25) is 0 Å². The molecule has 2 atom stereocenters. The van der Waals surface area contributed by atoms with Gasteiger partial charge in [-0.15, -0.1) is 0 Å². The highest BCUT2D eigenvalue weighted by Gasteiger charge is 2.25. The Labute approximate surface area is 104 Å². The molecule has 3 heteroatoms. The number of methoxy groups -OCH3 is 1. The third-order valence-corrected chi connectivity index (χ3v) is 3.92. The molecule has 2 rings (SSSR count). The number of hydrogen-bond donors (Lipinski definition) is 1. The van der Waals surface area contributed by atoms with Crippen molar-refractivity contribution < 1.29 is 4.74 Å². The lowest BCUT2D eigenvalue weighted by Crippen LogP contribution is -2.42. The molecular weight excluding hydrogens is 212 g/mol. The molecule has 0 amide bonds. The lowest BCUT2D eigenvalue weighted by Gasteiger charge is -2.40. The first-order valence-electron chi connectivity index (χ1n) is 6.33. The highest BCUT2D eigenvalue weighted by molar-refractivity contribution is 5.70. The summed E-state index contributed by atoms with van der Waals surface area (Å²) in [7, 11) is 1.67. The Kier molecular flexibility index (Phi) is 3.46. The molecule has 17 heavy (non-hydrogen) atoms. The molecule has 0 saturated carbocycles. The maximum absolute atomic E-state index is 6.11. The molecule has 0 spiro atoms. The second-order valence-corrected chi connectivity index (χ2v) is 4.98. The van der Waals surface area contributed by atoms with Crippen molar-refractivity contribution in [3.8, 4) is 5.75 Å². The van der Waals surface area contributed by atoms with Gasteiger partial charge in [-0.1, -0.05) is 6.92 Å². The Balaban J connectivity index is 2.27. The number of nitrogens with two attached hydrogens (primary N) is 1. The van der Waals surface area contributed by atoms with Crippen molar-refractivity contribution in [2.24, 2.45) is 5.92 Å². The molecule has 2 N–H and O–H groups in total. The van der Waals surface area contributed by atoms with E-state index in [1.165, 1.54) is 12.8 Å². The molecule has 1 fully saturated rings. The van der Waals surface area contributed by atoms with Gasteiger partial charge in [0.05, 0.1) is 18.5 Å². The minimum atomic E-state index is 0.555. The lowest BCUT2D eigenvalue weighted by atomic mass is 9.91. The minimum absolute atomic E-state index is 0.555. The van der Waals surface area contributed by atoms with Gasteiger partial charge in [0.1, 0.15) is 5.75 Å². The number of ether oxygens (including phenoxy) is 1. The summed E-state index contributed by atoms with van der Waals surface area (Å²) >= 11 is 0. The van der Waals surface area contributed by atoms with Crippen molar-refractivity contribution in [2.45, 2.75) is 32.7 Å². The monoisotopic (exact) mass is 234 g/mol. The highest BCUT2D eigenvalue weighted by Crippen LogP contribution is 2.33. The fourth-order valence-electron chi connectivity index (χ4n) is 2.60. The summed E-state index contributed by atoms with van der Waals surface area (Å²) in [6, 6.07) is 6.52. The number of rotatable bonds is 2. The first-order chi connectivity index (χ1) is 8.13. The van der Waals surface area contributed by atoms with Crippen LogP contribution in [0.4, 0.5) is 11.4 Å². The molecule has 1 aliphatic heterocycles. The summed E-state index contributed by atoms with van der Waals surface area (Å²) in [6.45, 7) is 5.70. The van der Waals surface area contributed by atoms with Gasteiger partial charge in [0.15, 0.2) is 0 Å². The Hall–Kier alpha value is -1.38. The van der Waals surface area contributed by atoms with Crippen molar-refractivity contribution in [1.29, 1.82) is 0 Å². The van der Waals surface area contributed by atoms with Gasteiger partial charge < -0.3 is 15.4 Å². The zero-order chi connectivity index (χ0) is 12.4. The molecule has 1 aromatic rings. The summed E-state index contributed by atoms with van der Waals surface area (Å²) in [5.41, 5.74) is 8.07. The second-order valence-electron chi connectivity index (χ2n) is 4.98. The Bertz CT molecular complexity index is 392. The molecule has 1 aromatic carbocycles. The van der Waals surface area contributed by atoms with Crippen LogP contribution in [0.2, 0.25) is 0 Å². The molecule has 94 valence electrons. The average Bonchev–Trinajstić information content (AvgIpc) is 2.33. The van der Waals surface area contributed by atoms with Crippen LogP contribution in [0.3, 0.4) is 0 Å². The van der Waals surface area contributed by atoms with Gasteiger partial charge in [0, 0.05) is 18.7 Å². The molecule has 0 aliphatic carbocycles. The molecule has 2 unspecified atom stereocenters. The molecule has 1 heterocycles. The van der Waals surface area contributed by atoms with E-state index in [1.54, 1.807) is 7.11 Å². The Morgan fingerprint density at radius 3 is 2.76 bits per heavy atom. The van der Waals surface area contributed by atoms with Crippen molar-refractivity contribution >= 4 is 11.4 Å². The van der Waals surface area contributed by atoms with Crippen LogP contribution in [0, 0.1) is 5.92 Å². The van der Waals surface area contributed by atoms with E-state index in [0.717, 1.165) is 29.6 Å². The predicted octanol–water partition coefficient (Wildman–Crippen LogP) is 2.90. The van der Waals surface area contributed by atoms with E-state index in [4.69, 9.17) is 10.5 Å². The number of hydrogen-bond acceptors (Lipinski definition) is 3. The number of anilines is 2. The topological polar surface area (TPSA) is 38.5 Å². The van der Waals surface area contributed by atoms with E-state index in [-0.39, 0.29) is 0 Å². The van der Waals surface area contributed by atoms with E-state index in [1.807, 2.05) is 12.1 Å². The van der Waals surface area contributed by atoms with Gasteiger partial charge in [-0.2, -0.15) is 0 Å². The van der Waals surface area contributed by atoms with Gasteiger partial charge in [-0.3, -0.25) is 0 Å². The first-order valence-corrected chi connectivity index (χ1v) is 6.33. The van der Waals surface area contributed by atoms with Crippen molar-refractivity contribution in [2.75, 3.05) is 24.3 Å². The number of nitrogens with zero attached hydrogens (tertiary/aromatic N) is 1. The maximum Gasteiger partial charge on any atom is 0.121 e. The van der Waals surface area contributed by atoms with Gasteiger partial charge >= 0.3 is 0 Å². The van der Waals surface area contributed by atoms with Gasteiger partial charge in [-0.05, 0) is 37.8 Å². The van der Waals surface area contributed by atoms with Crippen LogP contribution in [0.25, 0.3) is 0 Å². The number of piperidine rings is 1.